The molecule has 0 radical (unpaired) electrons. The molecule has 5 nitrogen and oxygen atoms in total. The molecule has 0 bridgehead atoms. The summed E-state index contributed by atoms with van der Waals surface area (Å²) < 4.78 is 2.77. The van der Waals surface area contributed by atoms with Crippen LogP contribution in [0.2, 0.25) is 0 Å². The number of hydrogen-bond acceptors (Lipinski definition) is 6. The molecule has 24 heavy (non-hydrogen) atoms. The molecule has 7 heteroatoms. The Morgan fingerprint density at radius 3 is 2.42 bits per heavy atom. The number of thiazole rings is 1. The maximum atomic E-state index is 5.71. The van der Waals surface area contributed by atoms with Crippen LogP contribution < -0.4 is 16.6 Å². The first-order valence-corrected chi connectivity index (χ1v) is 8.68. The maximum Gasteiger partial charge on any atom is 0.168 e. The van der Waals surface area contributed by atoms with Gasteiger partial charge in [0, 0.05) is 5.69 Å². The summed E-state index contributed by atoms with van der Waals surface area (Å²) >= 11 is 7.06. The van der Waals surface area contributed by atoms with Crippen LogP contribution in [0.25, 0.3) is 5.69 Å². The SMILES string of the molecule is NNC1=NC(c2ccccc2)Nc2c1sc(=S)n2-c1ccccc1. The van der Waals surface area contributed by atoms with Gasteiger partial charge >= 0.3 is 0 Å². The summed E-state index contributed by atoms with van der Waals surface area (Å²) in [7, 11) is 0. The Labute approximate surface area is 148 Å². The lowest BCUT2D eigenvalue weighted by atomic mass is 10.1. The number of fused-ring (bicyclic) bond motifs is 1. The lowest BCUT2D eigenvalue weighted by molar-refractivity contribution is 0.794. The van der Waals surface area contributed by atoms with Crippen molar-refractivity contribution in [1.82, 2.24) is 9.99 Å². The van der Waals surface area contributed by atoms with E-state index in [0.717, 1.165) is 25.9 Å². The van der Waals surface area contributed by atoms with Crippen LogP contribution in [0.15, 0.2) is 65.7 Å². The van der Waals surface area contributed by atoms with Gasteiger partial charge < -0.3 is 10.7 Å². The number of amidine groups is 1. The first-order valence-electron chi connectivity index (χ1n) is 7.45. The monoisotopic (exact) mass is 353 g/mol. The Balaban J connectivity index is 1.87. The number of hydrogen-bond donors (Lipinski definition) is 3. The van der Waals surface area contributed by atoms with E-state index in [4.69, 9.17) is 18.1 Å². The lowest BCUT2D eigenvalue weighted by Gasteiger charge is -2.24. The second-order valence-electron chi connectivity index (χ2n) is 5.30. The average molecular weight is 353 g/mol. The van der Waals surface area contributed by atoms with E-state index in [-0.39, 0.29) is 6.17 Å². The number of aliphatic imine (C=N–C) groups is 1. The molecule has 0 fully saturated rings. The van der Waals surface area contributed by atoms with Crippen molar-refractivity contribution in [1.29, 1.82) is 0 Å². The first kappa shape index (κ1) is 15.1. The summed E-state index contributed by atoms with van der Waals surface area (Å²) in [5.41, 5.74) is 4.79. The topological polar surface area (TPSA) is 67.4 Å². The Hall–Kier alpha value is -2.48. The van der Waals surface area contributed by atoms with Crippen molar-refractivity contribution < 1.29 is 0 Å². The molecule has 120 valence electrons. The number of benzene rings is 2. The molecule has 1 aliphatic heterocycles. The highest BCUT2D eigenvalue weighted by molar-refractivity contribution is 7.73. The zero-order valence-electron chi connectivity index (χ0n) is 12.6. The van der Waals surface area contributed by atoms with E-state index in [9.17, 15) is 0 Å². The van der Waals surface area contributed by atoms with Gasteiger partial charge in [-0.15, -0.1) is 0 Å². The van der Waals surface area contributed by atoms with Crippen LogP contribution in [0, 0.1) is 3.95 Å². The third-order valence-corrected chi connectivity index (χ3v) is 5.20. The molecule has 4 rings (SSSR count). The normalized spacial score (nSPS) is 16.0. The summed E-state index contributed by atoms with van der Waals surface area (Å²) in [6, 6.07) is 20.1. The van der Waals surface area contributed by atoms with Crippen molar-refractivity contribution in [3.63, 3.8) is 0 Å². The largest absolute Gasteiger partial charge is 0.344 e. The molecule has 0 aliphatic carbocycles. The molecule has 3 aromatic rings. The van der Waals surface area contributed by atoms with Gasteiger partial charge in [0.05, 0.1) is 0 Å². The van der Waals surface area contributed by atoms with Crippen LogP contribution >= 0.6 is 23.6 Å². The molecule has 1 aliphatic rings. The fourth-order valence-electron chi connectivity index (χ4n) is 2.72. The van der Waals surface area contributed by atoms with Crippen LogP contribution in [0.5, 0.6) is 0 Å². The van der Waals surface area contributed by atoms with E-state index in [2.05, 4.69) is 15.7 Å². The second kappa shape index (κ2) is 6.20. The Morgan fingerprint density at radius 1 is 1.08 bits per heavy atom. The van der Waals surface area contributed by atoms with E-state index < -0.39 is 0 Å². The van der Waals surface area contributed by atoms with Crippen molar-refractivity contribution in [3.05, 3.63) is 75.1 Å². The number of nitrogens with one attached hydrogen (secondary N) is 2. The number of para-hydroxylation sites is 1. The standard InChI is InChI=1S/C17H15N5S2/c18-21-15-13-16(20-14(19-15)11-7-3-1-4-8-11)22(17(23)24-13)12-9-5-2-6-10-12/h1-10,14,20H,18H2,(H,19,21). The van der Waals surface area contributed by atoms with Crippen molar-refractivity contribution in [2.45, 2.75) is 6.17 Å². The number of nitrogens with two attached hydrogens (primary N) is 1. The Bertz CT molecular complexity index is 944. The van der Waals surface area contributed by atoms with E-state index in [0.29, 0.717) is 5.84 Å². The molecule has 0 saturated carbocycles. The zero-order valence-corrected chi connectivity index (χ0v) is 14.3. The molecule has 0 spiro atoms. The van der Waals surface area contributed by atoms with Crippen molar-refractivity contribution in [2.75, 3.05) is 5.32 Å². The van der Waals surface area contributed by atoms with Crippen LogP contribution in [0.3, 0.4) is 0 Å². The average Bonchev–Trinajstić information content (AvgIpc) is 2.98. The predicted octanol–water partition coefficient (Wildman–Crippen LogP) is 3.60. The molecule has 1 atom stereocenters. The summed E-state index contributed by atoms with van der Waals surface area (Å²) in [5, 5.41) is 3.49. The molecule has 1 unspecified atom stereocenters. The van der Waals surface area contributed by atoms with Gasteiger partial charge in [-0.3, -0.25) is 4.57 Å². The Kier molecular flexibility index (Phi) is 3.89. The first-order chi connectivity index (χ1) is 11.8. The summed E-state index contributed by atoms with van der Waals surface area (Å²) in [6.07, 6.45) is -0.219. The molecular formula is C17H15N5S2. The predicted molar refractivity (Wildman–Crippen MR) is 101 cm³/mol. The molecule has 0 amide bonds. The summed E-state index contributed by atoms with van der Waals surface area (Å²) in [6.45, 7) is 0. The minimum Gasteiger partial charge on any atom is -0.344 e. The minimum absolute atomic E-state index is 0.219. The van der Waals surface area contributed by atoms with Crippen molar-refractivity contribution >= 4 is 35.2 Å². The van der Waals surface area contributed by atoms with Crippen molar-refractivity contribution in [3.8, 4) is 5.69 Å². The Morgan fingerprint density at radius 2 is 1.75 bits per heavy atom. The molecule has 2 heterocycles. The van der Waals surface area contributed by atoms with E-state index in [1.807, 2.05) is 65.2 Å². The van der Waals surface area contributed by atoms with Gasteiger partial charge in [-0.1, -0.05) is 59.9 Å². The van der Waals surface area contributed by atoms with E-state index in [1.165, 1.54) is 11.3 Å². The molecule has 1 aromatic heterocycles. The minimum atomic E-state index is -0.219. The number of hydrazine groups is 1. The van der Waals surface area contributed by atoms with Crippen LogP contribution in [0.4, 0.5) is 5.82 Å². The number of rotatable bonds is 2. The van der Waals surface area contributed by atoms with Gasteiger partial charge in [0.2, 0.25) is 0 Å². The molecule has 0 saturated heterocycles. The second-order valence-corrected chi connectivity index (χ2v) is 6.94. The summed E-state index contributed by atoms with van der Waals surface area (Å²) in [5.74, 6) is 7.26. The maximum absolute atomic E-state index is 5.71. The van der Waals surface area contributed by atoms with Crippen molar-refractivity contribution in [2.24, 2.45) is 10.8 Å². The third kappa shape index (κ3) is 2.52. The van der Waals surface area contributed by atoms with Gasteiger partial charge in [0.1, 0.15) is 16.9 Å². The van der Waals surface area contributed by atoms with Gasteiger partial charge in [0.15, 0.2) is 9.79 Å². The fourth-order valence-corrected chi connectivity index (χ4v) is 4.09. The van der Waals surface area contributed by atoms with Crippen LogP contribution in [-0.2, 0) is 0 Å². The highest BCUT2D eigenvalue weighted by Crippen LogP contribution is 2.35. The fraction of sp³-hybridized carbons (Fsp3) is 0.0588. The number of anilines is 1. The number of nitrogens with zero attached hydrogens (tertiary/aromatic N) is 2. The van der Waals surface area contributed by atoms with Crippen LogP contribution in [-0.4, -0.2) is 10.4 Å². The lowest BCUT2D eigenvalue weighted by Crippen LogP contribution is -2.35. The van der Waals surface area contributed by atoms with Crippen LogP contribution in [0.1, 0.15) is 16.6 Å². The molecule has 2 aromatic carbocycles. The quantitative estimate of drug-likeness (QED) is 0.374. The smallest absolute Gasteiger partial charge is 0.168 e. The van der Waals surface area contributed by atoms with E-state index >= 15 is 0 Å². The highest BCUT2D eigenvalue weighted by Gasteiger charge is 2.26. The van der Waals surface area contributed by atoms with Gasteiger partial charge in [-0.2, -0.15) is 0 Å². The summed E-state index contributed by atoms with van der Waals surface area (Å²) in [4.78, 5) is 5.60. The number of aromatic nitrogens is 1. The van der Waals surface area contributed by atoms with Gasteiger partial charge in [-0.05, 0) is 29.9 Å². The van der Waals surface area contributed by atoms with Gasteiger partial charge in [0.25, 0.3) is 0 Å². The highest BCUT2D eigenvalue weighted by atomic mass is 32.1. The molecule has 4 N–H and O–H groups in total. The molecular weight excluding hydrogens is 338 g/mol. The van der Waals surface area contributed by atoms with Gasteiger partial charge in [-0.25, -0.2) is 10.8 Å². The third-order valence-electron chi connectivity index (χ3n) is 3.82. The zero-order chi connectivity index (χ0) is 16.5. The van der Waals surface area contributed by atoms with E-state index in [1.54, 1.807) is 0 Å².